The molecule has 26 heavy (non-hydrogen) atoms. The molecule has 0 fully saturated rings. The van der Waals surface area contributed by atoms with Crippen LogP contribution in [0.25, 0.3) is 22.6 Å². The molecular weight excluding hydrogens is 330 g/mol. The van der Waals surface area contributed by atoms with Gasteiger partial charge in [-0.3, -0.25) is 19.5 Å². The Balaban J connectivity index is 1.88. The number of aryl methyl sites for hydroxylation is 2. The normalized spacial score (nSPS) is 14.8. The highest BCUT2D eigenvalue weighted by atomic mass is 16.6. The average molecular weight is 347 g/mol. The maximum Gasteiger partial charge on any atom is 0.270 e. The Morgan fingerprint density at radius 2 is 2.00 bits per heavy atom. The fourth-order valence-electron chi connectivity index (χ4n) is 3.43. The Morgan fingerprint density at radius 3 is 2.73 bits per heavy atom. The number of non-ortho nitro benzene ring substituents is 1. The molecule has 2 aromatic carbocycles. The number of hydrogen-bond donors (Lipinski definition) is 0. The van der Waals surface area contributed by atoms with Crippen molar-refractivity contribution in [3.8, 4) is 0 Å². The van der Waals surface area contributed by atoms with Gasteiger partial charge in [0.25, 0.3) is 11.2 Å². The highest BCUT2D eigenvalue weighted by Gasteiger charge is 2.22. The second kappa shape index (κ2) is 5.91. The summed E-state index contributed by atoms with van der Waals surface area (Å²) in [5.41, 5.74) is 4.67. The Morgan fingerprint density at radius 1 is 1.19 bits per heavy atom. The predicted octanol–water partition coefficient (Wildman–Crippen LogP) is 3.87. The van der Waals surface area contributed by atoms with Crippen molar-refractivity contribution in [2.45, 2.75) is 26.8 Å². The summed E-state index contributed by atoms with van der Waals surface area (Å²) in [6.45, 7) is 4.66. The van der Waals surface area contributed by atoms with Gasteiger partial charge in [-0.25, -0.2) is 4.98 Å². The highest BCUT2D eigenvalue weighted by molar-refractivity contribution is 5.86. The standard InChI is InChI=1S/C20H17N3O3/c1-12-3-4-14(13(2)9-12)10-15-7-8-22-19(15)21-18-6-5-16(23(25)26)11-17(18)20(22)24/h3-6,9-11H,7-8H2,1-2H3/b15-10+. The van der Waals surface area contributed by atoms with E-state index in [2.05, 4.69) is 43.1 Å². The summed E-state index contributed by atoms with van der Waals surface area (Å²) in [4.78, 5) is 27.9. The van der Waals surface area contributed by atoms with Crippen LogP contribution in [0.15, 0.2) is 41.2 Å². The molecule has 6 heteroatoms. The molecule has 2 heterocycles. The molecule has 6 nitrogen and oxygen atoms in total. The molecule has 1 aliphatic heterocycles. The third kappa shape index (κ3) is 2.60. The topological polar surface area (TPSA) is 78.0 Å². The summed E-state index contributed by atoms with van der Waals surface area (Å²) in [5.74, 6) is 0.649. The zero-order valence-corrected chi connectivity index (χ0v) is 14.5. The molecule has 0 amide bonds. The minimum atomic E-state index is -0.498. The van der Waals surface area contributed by atoms with Gasteiger partial charge in [-0.1, -0.05) is 23.8 Å². The van der Waals surface area contributed by atoms with Crippen LogP contribution in [0.1, 0.15) is 28.9 Å². The zero-order chi connectivity index (χ0) is 18.4. The van der Waals surface area contributed by atoms with Gasteiger partial charge in [0.2, 0.25) is 0 Å². The fourth-order valence-corrected chi connectivity index (χ4v) is 3.43. The number of aromatic nitrogens is 2. The van der Waals surface area contributed by atoms with E-state index in [1.165, 1.54) is 23.3 Å². The minimum Gasteiger partial charge on any atom is -0.292 e. The van der Waals surface area contributed by atoms with Gasteiger partial charge in [-0.05, 0) is 49.1 Å². The van der Waals surface area contributed by atoms with Crippen molar-refractivity contribution in [1.82, 2.24) is 9.55 Å². The summed E-state index contributed by atoms with van der Waals surface area (Å²) >= 11 is 0. The number of hydrogen-bond acceptors (Lipinski definition) is 4. The maximum absolute atomic E-state index is 12.8. The molecule has 1 aromatic heterocycles. The van der Waals surface area contributed by atoms with Crippen molar-refractivity contribution >= 4 is 28.2 Å². The van der Waals surface area contributed by atoms with Gasteiger partial charge < -0.3 is 0 Å². The van der Waals surface area contributed by atoms with E-state index in [1.807, 2.05) is 0 Å². The van der Waals surface area contributed by atoms with Crippen LogP contribution in [0, 0.1) is 24.0 Å². The molecule has 3 aromatic rings. The van der Waals surface area contributed by atoms with E-state index >= 15 is 0 Å². The summed E-state index contributed by atoms with van der Waals surface area (Å²) in [7, 11) is 0. The van der Waals surface area contributed by atoms with E-state index in [1.54, 1.807) is 10.6 Å². The largest absolute Gasteiger partial charge is 0.292 e. The minimum absolute atomic E-state index is 0.0963. The summed E-state index contributed by atoms with van der Waals surface area (Å²) in [5, 5.41) is 11.3. The van der Waals surface area contributed by atoms with Crippen LogP contribution in [0.4, 0.5) is 5.69 Å². The second-order valence-electron chi connectivity index (χ2n) is 6.63. The molecule has 0 saturated carbocycles. The van der Waals surface area contributed by atoms with Gasteiger partial charge in [-0.2, -0.15) is 0 Å². The highest BCUT2D eigenvalue weighted by Crippen LogP contribution is 2.29. The quantitative estimate of drug-likeness (QED) is 0.521. The molecule has 0 bridgehead atoms. The van der Waals surface area contributed by atoms with Gasteiger partial charge in [0.1, 0.15) is 5.82 Å². The molecule has 130 valence electrons. The van der Waals surface area contributed by atoms with Gasteiger partial charge >= 0.3 is 0 Å². The third-order valence-electron chi connectivity index (χ3n) is 4.80. The molecule has 0 spiro atoms. The molecule has 0 unspecified atom stereocenters. The van der Waals surface area contributed by atoms with Crippen LogP contribution in [-0.2, 0) is 6.54 Å². The summed E-state index contributed by atoms with van der Waals surface area (Å²) in [6.07, 6.45) is 2.80. The van der Waals surface area contributed by atoms with Crippen LogP contribution in [0.2, 0.25) is 0 Å². The first kappa shape index (κ1) is 16.2. The lowest BCUT2D eigenvalue weighted by atomic mass is 10.0. The number of nitro benzene ring substituents is 1. The summed E-state index contributed by atoms with van der Waals surface area (Å²) < 4.78 is 1.61. The Hall–Kier alpha value is -3.28. The third-order valence-corrected chi connectivity index (χ3v) is 4.80. The molecule has 0 saturated heterocycles. The molecule has 0 radical (unpaired) electrons. The smallest absolute Gasteiger partial charge is 0.270 e. The molecule has 4 rings (SSSR count). The summed E-state index contributed by atoms with van der Waals surface area (Å²) in [6, 6.07) is 10.5. The van der Waals surface area contributed by atoms with E-state index in [0.29, 0.717) is 24.3 Å². The van der Waals surface area contributed by atoms with E-state index in [9.17, 15) is 14.9 Å². The van der Waals surface area contributed by atoms with Crippen molar-refractivity contribution in [2.75, 3.05) is 0 Å². The van der Waals surface area contributed by atoms with E-state index < -0.39 is 4.92 Å². The van der Waals surface area contributed by atoms with Crippen LogP contribution in [0.3, 0.4) is 0 Å². The molecular formula is C20H17N3O3. The van der Waals surface area contributed by atoms with Crippen molar-refractivity contribution in [1.29, 1.82) is 0 Å². The van der Waals surface area contributed by atoms with E-state index in [4.69, 9.17) is 0 Å². The van der Waals surface area contributed by atoms with E-state index in [-0.39, 0.29) is 16.6 Å². The Labute approximate surface area is 149 Å². The number of allylic oxidation sites excluding steroid dienone is 1. The van der Waals surface area contributed by atoms with Crippen LogP contribution >= 0.6 is 0 Å². The van der Waals surface area contributed by atoms with Crippen molar-refractivity contribution in [2.24, 2.45) is 0 Å². The monoisotopic (exact) mass is 347 g/mol. The Kier molecular flexibility index (Phi) is 3.68. The molecule has 0 aliphatic carbocycles. The Bertz CT molecular complexity index is 1160. The lowest BCUT2D eigenvalue weighted by Gasteiger charge is -2.07. The van der Waals surface area contributed by atoms with Gasteiger partial charge in [0.15, 0.2) is 0 Å². The van der Waals surface area contributed by atoms with Crippen molar-refractivity contribution in [3.05, 3.63) is 79.4 Å². The number of benzene rings is 2. The zero-order valence-electron chi connectivity index (χ0n) is 14.5. The number of fused-ring (bicyclic) bond motifs is 2. The van der Waals surface area contributed by atoms with Gasteiger partial charge in [0, 0.05) is 18.7 Å². The lowest BCUT2D eigenvalue weighted by molar-refractivity contribution is -0.384. The second-order valence-corrected chi connectivity index (χ2v) is 6.63. The number of nitro groups is 1. The van der Waals surface area contributed by atoms with Crippen LogP contribution < -0.4 is 5.56 Å². The SMILES string of the molecule is Cc1ccc(/C=C2\CCn3c2nc2ccc([N+](=O)[O-])cc2c3=O)c(C)c1. The fraction of sp³-hybridized carbons (Fsp3) is 0.200. The molecule has 0 atom stereocenters. The first-order valence-corrected chi connectivity index (χ1v) is 8.41. The predicted molar refractivity (Wildman–Crippen MR) is 101 cm³/mol. The number of rotatable bonds is 2. The maximum atomic E-state index is 12.8. The van der Waals surface area contributed by atoms with Crippen LogP contribution in [0.5, 0.6) is 0 Å². The van der Waals surface area contributed by atoms with E-state index in [0.717, 1.165) is 11.1 Å². The van der Waals surface area contributed by atoms with Crippen molar-refractivity contribution < 1.29 is 4.92 Å². The van der Waals surface area contributed by atoms with Crippen LogP contribution in [-0.4, -0.2) is 14.5 Å². The van der Waals surface area contributed by atoms with Gasteiger partial charge in [0.05, 0.1) is 15.8 Å². The number of nitrogens with zero attached hydrogens (tertiary/aromatic N) is 3. The average Bonchev–Trinajstić information content (AvgIpc) is 3.00. The van der Waals surface area contributed by atoms with Crippen molar-refractivity contribution in [3.63, 3.8) is 0 Å². The molecule has 1 aliphatic rings. The lowest BCUT2D eigenvalue weighted by Crippen LogP contribution is -2.20. The first-order chi connectivity index (χ1) is 12.4. The van der Waals surface area contributed by atoms with Gasteiger partial charge in [-0.15, -0.1) is 0 Å². The first-order valence-electron chi connectivity index (χ1n) is 8.41. The molecule has 0 N–H and O–H groups in total.